The van der Waals surface area contributed by atoms with Gasteiger partial charge in [0.15, 0.2) is 4.90 Å². The summed E-state index contributed by atoms with van der Waals surface area (Å²) in [7, 11) is 0. The van der Waals surface area contributed by atoms with Crippen LogP contribution in [-0.4, -0.2) is 25.1 Å². The van der Waals surface area contributed by atoms with E-state index in [1.807, 2.05) is 52.0 Å². The molecule has 0 amide bonds. The molecule has 0 aromatic heterocycles. The van der Waals surface area contributed by atoms with Crippen molar-refractivity contribution in [3.63, 3.8) is 0 Å². The lowest BCUT2D eigenvalue weighted by Crippen LogP contribution is -2.60. The van der Waals surface area contributed by atoms with E-state index in [0.717, 1.165) is 24.2 Å². The standard InChI is InChI=1S/C16H25NO2S2/c1-13-6-8-14(9-7-13)20(18)12-16(10-5-11-16)17-21(19)15(2,3)4/h6-9,17H,5,10-12H2,1-4H3. The van der Waals surface area contributed by atoms with E-state index in [9.17, 15) is 9.11 Å². The molecule has 1 aliphatic rings. The van der Waals surface area contributed by atoms with Crippen LogP contribution in [0.2, 0.25) is 0 Å². The lowest BCUT2D eigenvalue weighted by molar-refractivity contribution is 0.248. The van der Waals surface area contributed by atoms with Gasteiger partial charge in [0.2, 0.25) is 0 Å². The SMILES string of the molecule is Cc1ccc([S+]([O-])CC2(N[S+]([O-])C(C)(C)C)CCC2)cc1. The molecule has 1 N–H and O–H groups in total. The summed E-state index contributed by atoms with van der Waals surface area (Å²) < 4.78 is 27.9. The molecule has 0 bridgehead atoms. The van der Waals surface area contributed by atoms with Crippen molar-refractivity contribution in [2.24, 2.45) is 0 Å². The Kier molecular flexibility index (Phi) is 5.31. The average molecular weight is 328 g/mol. The fraction of sp³-hybridized carbons (Fsp3) is 0.625. The second-order valence-electron chi connectivity index (χ2n) is 6.92. The zero-order valence-electron chi connectivity index (χ0n) is 13.3. The fourth-order valence-electron chi connectivity index (χ4n) is 2.25. The third-order valence-corrected chi connectivity index (χ3v) is 7.21. The molecule has 1 fully saturated rings. The molecule has 0 aliphatic heterocycles. The molecule has 3 nitrogen and oxygen atoms in total. The number of hydrogen-bond acceptors (Lipinski definition) is 3. The van der Waals surface area contributed by atoms with E-state index >= 15 is 0 Å². The van der Waals surface area contributed by atoms with Gasteiger partial charge in [-0.2, -0.15) is 0 Å². The lowest BCUT2D eigenvalue weighted by atomic mass is 9.79. The van der Waals surface area contributed by atoms with Crippen molar-refractivity contribution in [1.29, 1.82) is 0 Å². The monoisotopic (exact) mass is 327 g/mol. The van der Waals surface area contributed by atoms with Crippen LogP contribution in [0.4, 0.5) is 0 Å². The normalized spacial score (nSPS) is 20.7. The number of nitrogens with one attached hydrogen (secondary N) is 1. The summed E-state index contributed by atoms with van der Waals surface area (Å²) in [6.07, 6.45) is 3.01. The van der Waals surface area contributed by atoms with Gasteiger partial charge in [-0.05, 0) is 70.3 Å². The minimum absolute atomic E-state index is 0.228. The highest BCUT2D eigenvalue weighted by Gasteiger charge is 2.47. The van der Waals surface area contributed by atoms with E-state index in [4.69, 9.17) is 0 Å². The summed E-state index contributed by atoms with van der Waals surface area (Å²) in [5, 5.41) is 0. The molecular weight excluding hydrogens is 302 g/mol. The van der Waals surface area contributed by atoms with Gasteiger partial charge >= 0.3 is 0 Å². The van der Waals surface area contributed by atoms with Crippen LogP contribution in [0.25, 0.3) is 0 Å². The summed E-state index contributed by atoms with van der Waals surface area (Å²) in [6.45, 7) is 7.90. The minimum Gasteiger partial charge on any atom is -0.611 e. The van der Waals surface area contributed by atoms with Gasteiger partial charge in [0.1, 0.15) is 16.0 Å². The molecule has 1 aromatic carbocycles. The van der Waals surface area contributed by atoms with Gasteiger partial charge in [0.05, 0.1) is 0 Å². The third kappa shape index (κ3) is 4.39. The molecule has 1 aliphatic carbocycles. The summed E-state index contributed by atoms with van der Waals surface area (Å²) in [6, 6.07) is 7.83. The maximum atomic E-state index is 12.6. The second kappa shape index (κ2) is 6.50. The molecule has 0 saturated heterocycles. The van der Waals surface area contributed by atoms with Crippen LogP contribution in [0.15, 0.2) is 29.2 Å². The number of benzene rings is 1. The molecule has 118 valence electrons. The fourth-order valence-corrected chi connectivity index (χ4v) is 4.79. The van der Waals surface area contributed by atoms with E-state index in [2.05, 4.69) is 4.72 Å². The Bertz CT molecular complexity index is 466. The summed E-state index contributed by atoms with van der Waals surface area (Å²) in [5.74, 6) is 0.540. The Hall–Kier alpha value is -0.200. The summed E-state index contributed by atoms with van der Waals surface area (Å²) in [4.78, 5) is 0.857. The van der Waals surface area contributed by atoms with Crippen molar-refractivity contribution in [3.8, 4) is 0 Å². The molecule has 2 rings (SSSR count). The van der Waals surface area contributed by atoms with Crippen molar-refractivity contribution in [3.05, 3.63) is 29.8 Å². The molecule has 5 heteroatoms. The predicted octanol–water partition coefficient (Wildman–Crippen LogP) is 3.08. The molecule has 21 heavy (non-hydrogen) atoms. The van der Waals surface area contributed by atoms with E-state index in [1.54, 1.807) is 0 Å². The van der Waals surface area contributed by atoms with Crippen LogP contribution in [-0.2, 0) is 22.5 Å². The van der Waals surface area contributed by atoms with E-state index in [1.165, 1.54) is 5.56 Å². The van der Waals surface area contributed by atoms with Crippen molar-refractivity contribution in [1.82, 2.24) is 4.72 Å². The summed E-state index contributed by atoms with van der Waals surface area (Å²) in [5.41, 5.74) is 0.939. The highest BCUT2D eigenvalue weighted by molar-refractivity contribution is 7.92. The van der Waals surface area contributed by atoms with Gasteiger partial charge < -0.3 is 9.11 Å². The van der Waals surface area contributed by atoms with Crippen molar-refractivity contribution in [2.75, 3.05) is 5.75 Å². The first-order valence-corrected chi connectivity index (χ1v) is 9.84. The Morgan fingerprint density at radius 1 is 1.14 bits per heavy atom. The molecule has 1 saturated carbocycles. The molecule has 1 aromatic rings. The topological polar surface area (TPSA) is 58.1 Å². The predicted molar refractivity (Wildman–Crippen MR) is 90.1 cm³/mol. The zero-order valence-corrected chi connectivity index (χ0v) is 14.9. The lowest BCUT2D eigenvalue weighted by Gasteiger charge is -2.42. The van der Waals surface area contributed by atoms with Gasteiger partial charge in [-0.3, -0.25) is 0 Å². The highest BCUT2D eigenvalue weighted by Crippen LogP contribution is 2.36. The van der Waals surface area contributed by atoms with E-state index < -0.39 is 22.5 Å². The number of hydrogen-bond donors (Lipinski definition) is 1. The van der Waals surface area contributed by atoms with Crippen LogP contribution < -0.4 is 4.72 Å². The van der Waals surface area contributed by atoms with E-state index in [0.29, 0.717) is 5.75 Å². The maximum Gasteiger partial charge on any atom is 0.152 e. The average Bonchev–Trinajstić information content (AvgIpc) is 2.35. The maximum absolute atomic E-state index is 12.6. The van der Waals surface area contributed by atoms with Crippen molar-refractivity contribution in [2.45, 2.75) is 62.1 Å². The minimum atomic E-state index is -1.12. The smallest absolute Gasteiger partial charge is 0.152 e. The van der Waals surface area contributed by atoms with Gasteiger partial charge in [-0.25, -0.2) is 0 Å². The van der Waals surface area contributed by atoms with Crippen LogP contribution >= 0.6 is 0 Å². The van der Waals surface area contributed by atoms with Gasteiger partial charge in [-0.1, -0.05) is 17.7 Å². The van der Waals surface area contributed by atoms with Gasteiger partial charge in [0, 0.05) is 11.4 Å². The molecule has 0 heterocycles. The van der Waals surface area contributed by atoms with Crippen molar-refractivity contribution < 1.29 is 9.11 Å². The van der Waals surface area contributed by atoms with Crippen LogP contribution in [0.1, 0.15) is 45.6 Å². The molecule has 2 atom stereocenters. The largest absolute Gasteiger partial charge is 0.611 e. The van der Waals surface area contributed by atoms with Crippen molar-refractivity contribution >= 4 is 22.5 Å². The number of rotatable bonds is 5. The molecular formula is C16H25NO2S2. The van der Waals surface area contributed by atoms with Gasteiger partial charge in [-0.15, -0.1) is 4.72 Å². The Balaban J connectivity index is 2.03. The van der Waals surface area contributed by atoms with Crippen LogP contribution in [0, 0.1) is 6.92 Å². The van der Waals surface area contributed by atoms with Crippen LogP contribution in [0.3, 0.4) is 0 Å². The van der Waals surface area contributed by atoms with E-state index in [-0.39, 0.29) is 10.3 Å². The Labute approximate surface area is 134 Å². The first-order valence-electron chi connectivity index (χ1n) is 7.37. The third-order valence-electron chi connectivity index (χ3n) is 3.87. The quantitative estimate of drug-likeness (QED) is 0.846. The first-order chi connectivity index (χ1) is 9.72. The van der Waals surface area contributed by atoms with Gasteiger partial charge in [0.25, 0.3) is 0 Å². The molecule has 0 spiro atoms. The Morgan fingerprint density at radius 3 is 2.14 bits per heavy atom. The zero-order chi connectivity index (χ0) is 15.7. The second-order valence-corrected chi connectivity index (χ2v) is 10.3. The first kappa shape index (κ1) is 17.2. The molecule has 0 radical (unpaired) electrons. The highest BCUT2D eigenvalue weighted by atomic mass is 32.2. The molecule has 2 unspecified atom stereocenters. The number of aryl methyl sites for hydroxylation is 1. The summed E-state index contributed by atoms with van der Waals surface area (Å²) >= 11 is -2.17. The van der Waals surface area contributed by atoms with Crippen LogP contribution in [0.5, 0.6) is 0 Å². The Morgan fingerprint density at radius 2 is 1.71 bits per heavy atom.